The van der Waals surface area contributed by atoms with E-state index >= 15 is 0 Å². The van der Waals surface area contributed by atoms with Crippen molar-refractivity contribution in [2.75, 3.05) is 11.5 Å². The molecular formula is C24H18FN3O7S. The average Bonchev–Trinajstić information content (AvgIpc) is 3.36. The number of rotatable bonds is 6. The number of hydrogen-bond acceptors (Lipinski definition) is 9. The summed E-state index contributed by atoms with van der Waals surface area (Å²) in [6.45, 7) is 3.27. The van der Waals surface area contributed by atoms with Crippen LogP contribution in [0.3, 0.4) is 0 Å². The summed E-state index contributed by atoms with van der Waals surface area (Å²) in [6.07, 6.45) is 0. The lowest BCUT2D eigenvalue weighted by Crippen LogP contribution is -2.29. The Morgan fingerprint density at radius 2 is 1.94 bits per heavy atom. The molecule has 1 saturated heterocycles. The van der Waals surface area contributed by atoms with Crippen LogP contribution in [0.5, 0.6) is 0 Å². The van der Waals surface area contributed by atoms with Crippen molar-refractivity contribution < 1.29 is 33.5 Å². The van der Waals surface area contributed by atoms with E-state index in [-0.39, 0.29) is 44.7 Å². The van der Waals surface area contributed by atoms with E-state index in [1.165, 1.54) is 43.3 Å². The second-order valence-electron chi connectivity index (χ2n) is 7.66. The van der Waals surface area contributed by atoms with Gasteiger partial charge in [0.15, 0.2) is 5.13 Å². The molecule has 0 bridgehead atoms. The number of hydrogen-bond donors (Lipinski definition) is 1. The van der Waals surface area contributed by atoms with Crippen LogP contribution in [0, 0.1) is 22.9 Å². The molecule has 1 atom stereocenters. The van der Waals surface area contributed by atoms with Crippen molar-refractivity contribution >= 4 is 45.6 Å². The predicted octanol–water partition coefficient (Wildman–Crippen LogP) is 4.30. The maximum atomic E-state index is 13.4. The molecule has 3 aromatic rings. The van der Waals surface area contributed by atoms with Crippen LogP contribution in [0.2, 0.25) is 0 Å². The Labute approximate surface area is 207 Å². The van der Waals surface area contributed by atoms with Gasteiger partial charge in [0.1, 0.15) is 16.5 Å². The van der Waals surface area contributed by atoms with E-state index in [0.29, 0.717) is 0 Å². The number of amides is 1. The number of Topliss-reactive ketones (excluding diaryl/α,β-unsaturated/α-hetero) is 1. The van der Waals surface area contributed by atoms with Gasteiger partial charge in [0.2, 0.25) is 0 Å². The minimum absolute atomic E-state index is 0.0349. The molecule has 1 aliphatic heterocycles. The number of aliphatic hydroxyl groups excluding tert-OH is 1. The number of ether oxygens (including phenoxy) is 1. The van der Waals surface area contributed by atoms with Gasteiger partial charge in [-0.1, -0.05) is 23.5 Å². The van der Waals surface area contributed by atoms with Crippen LogP contribution in [-0.2, 0) is 14.3 Å². The van der Waals surface area contributed by atoms with Crippen LogP contribution in [0.4, 0.5) is 15.2 Å². The molecule has 1 fully saturated rings. The number of non-ortho nitro benzene ring substituents is 1. The molecule has 1 amide bonds. The number of ketones is 1. The largest absolute Gasteiger partial charge is 0.507 e. The van der Waals surface area contributed by atoms with Crippen LogP contribution in [0.25, 0.3) is 5.76 Å². The first-order valence-electron chi connectivity index (χ1n) is 10.6. The quantitative estimate of drug-likeness (QED) is 0.129. The first-order chi connectivity index (χ1) is 17.1. The number of nitro benzene ring substituents is 1. The molecule has 0 saturated carbocycles. The number of halogens is 1. The Morgan fingerprint density at radius 3 is 2.58 bits per heavy atom. The fourth-order valence-electron chi connectivity index (χ4n) is 3.79. The third kappa shape index (κ3) is 4.33. The van der Waals surface area contributed by atoms with Crippen LogP contribution in [-0.4, -0.2) is 39.3 Å². The lowest BCUT2D eigenvalue weighted by Gasteiger charge is -2.22. The molecule has 2 aromatic carbocycles. The number of thiazole rings is 1. The number of nitrogens with zero attached hydrogens (tertiary/aromatic N) is 3. The highest BCUT2D eigenvalue weighted by atomic mass is 32.1. The van der Waals surface area contributed by atoms with Crippen molar-refractivity contribution in [3.05, 3.63) is 91.7 Å². The standard InChI is InChI=1S/C24H18FN3O7S/c1-3-35-23(32)21-12(2)26-24(36-21)27-18(14-5-4-6-16(11-14)28(33)34)17(20(30)22(27)31)19(29)13-7-9-15(25)10-8-13/h4-11,18,29H,3H2,1-2H3. The number of carbonyl (C=O) groups is 3. The van der Waals surface area contributed by atoms with Gasteiger partial charge in [-0.05, 0) is 43.7 Å². The normalized spacial score (nSPS) is 16.9. The minimum atomic E-state index is -1.31. The van der Waals surface area contributed by atoms with Gasteiger partial charge in [0, 0.05) is 17.7 Å². The van der Waals surface area contributed by atoms with Crippen molar-refractivity contribution in [3.8, 4) is 0 Å². The fraction of sp³-hybridized carbons (Fsp3) is 0.167. The summed E-state index contributed by atoms with van der Waals surface area (Å²) < 4.78 is 18.5. The first kappa shape index (κ1) is 24.7. The van der Waals surface area contributed by atoms with Gasteiger partial charge in [-0.25, -0.2) is 14.2 Å². The Kier molecular flexibility index (Phi) is 6.62. The van der Waals surface area contributed by atoms with Crippen molar-refractivity contribution in [2.45, 2.75) is 19.9 Å². The number of aliphatic hydroxyl groups is 1. The van der Waals surface area contributed by atoms with Gasteiger partial charge >= 0.3 is 11.9 Å². The Morgan fingerprint density at radius 1 is 1.25 bits per heavy atom. The zero-order valence-electron chi connectivity index (χ0n) is 18.9. The third-order valence-corrected chi connectivity index (χ3v) is 6.55. The van der Waals surface area contributed by atoms with Crippen LogP contribution >= 0.6 is 11.3 Å². The van der Waals surface area contributed by atoms with E-state index in [4.69, 9.17) is 4.74 Å². The average molecular weight is 511 g/mol. The Bertz CT molecular complexity index is 1430. The van der Waals surface area contributed by atoms with Gasteiger partial charge in [0.25, 0.3) is 11.5 Å². The van der Waals surface area contributed by atoms with Gasteiger partial charge in [-0.3, -0.25) is 24.6 Å². The number of esters is 1. The molecule has 4 rings (SSSR count). The first-order valence-corrected chi connectivity index (χ1v) is 11.4. The van der Waals surface area contributed by atoms with Crippen molar-refractivity contribution in [1.29, 1.82) is 0 Å². The molecule has 10 nitrogen and oxygen atoms in total. The molecule has 0 aliphatic carbocycles. The number of aryl methyl sites for hydroxylation is 1. The SMILES string of the molecule is CCOC(=O)c1sc(N2C(=O)C(=O)C(=C(O)c3ccc(F)cc3)C2c2cccc([N+](=O)[O-])c2)nc1C. The van der Waals surface area contributed by atoms with Gasteiger partial charge in [-0.15, -0.1) is 0 Å². The number of benzene rings is 2. The smallest absolute Gasteiger partial charge is 0.350 e. The molecular weight excluding hydrogens is 493 g/mol. The fourth-order valence-corrected chi connectivity index (χ4v) is 4.78. The van der Waals surface area contributed by atoms with E-state index < -0.39 is 40.2 Å². The summed E-state index contributed by atoms with van der Waals surface area (Å²) in [5.41, 5.74) is -0.198. The van der Waals surface area contributed by atoms with E-state index in [1.807, 2.05) is 0 Å². The van der Waals surface area contributed by atoms with Gasteiger partial charge in [-0.2, -0.15) is 0 Å². The Balaban J connectivity index is 1.94. The highest BCUT2D eigenvalue weighted by Gasteiger charge is 2.48. The molecule has 12 heteroatoms. The number of carbonyl (C=O) groups excluding carboxylic acids is 3. The van der Waals surface area contributed by atoms with E-state index in [0.717, 1.165) is 28.4 Å². The third-order valence-electron chi connectivity index (χ3n) is 5.41. The van der Waals surface area contributed by atoms with Crippen molar-refractivity contribution in [1.82, 2.24) is 4.98 Å². The molecule has 1 N–H and O–H groups in total. The maximum Gasteiger partial charge on any atom is 0.350 e. The maximum absolute atomic E-state index is 13.4. The van der Waals surface area contributed by atoms with E-state index in [2.05, 4.69) is 4.98 Å². The van der Waals surface area contributed by atoms with Crippen molar-refractivity contribution in [3.63, 3.8) is 0 Å². The molecule has 1 aromatic heterocycles. The monoisotopic (exact) mass is 511 g/mol. The van der Waals surface area contributed by atoms with Crippen LogP contribution in [0.15, 0.2) is 54.1 Å². The van der Waals surface area contributed by atoms with Crippen molar-refractivity contribution in [2.24, 2.45) is 0 Å². The summed E-state index contributed by atoms with van der Waals surface area (Å²) in [5.74, 6) is -3.95. The van der Waals surface area contributed by atoms with E-state index in [9.17, 15) is 34.0 Å². The van der Waals surface area contributed by atoms with Gasteiger partial charge < -0.3 is 9.84 Å². The molecule has 1 aliphatic rings. The van der Waals surface area contributed by atoms with Gasteiger partial charge in [0.05, 0.1) is 28.8 Å². The summed E-state index contributed by atoms with van der Waals surface area (Å²) >= 11 is 0.811. The second-order valence-corrected chi connectivity index (χ2v) is 8.64. The topological polar surface area (TPSA) is 140 Å². The molecule has 0 spiro atoms. The number of aromatic nitrogens is 1. The molecule has 0 radical (unpaired) electrons. The van der Waals surface area contributed by atoms with Crippen LogP contribution < -0.4 is 4.90 Å². The lowest BCUT2D eigenvalue weighted by molar-refractivity contribution is -0.384. The number of nitro groups is 1. The highest BCUT2D eigenvalue weighted by Crippen LogP contribution is 2.44. The summed E-state index contributed by atoms with van der Waals surface area (Å²) in [7, 11) is 0. The molecule has 184 valence electrons. The zero-order chi connectivity index (χ0) is 26.1. The van der Waals surface area contributed by atoms with Crippen LogP contribution in [0.1, 0.15) is 39.5 Å². The summed E-state index contributed by atoms with van der Waals surface area (Å²) in [5, 5.41) is 22.4. The minimum Gasteiger partial charge on any atom is -0.507 e. The summed E-state index contributed by atoms with van der Waals surface area (Å²) in [4.78, 5) is 54.8. The zero-order valence-corrected chi connectivity index (χ0v) is 19.7. The lowest BCUT2D eigenvalue weighted by atomic mass is 9.95. The molecule has 36 heavy (non-hydrogen) atoms. The molecule has 1 unspecified atom stereocenters. The second kappa shape index (κ2) is 9.66. The highest BCUT2D eigenvalue weighted by molar-refractivity contribution is 7.17. The van der Waals surface area contributed by atoms with E-state index in [1.54, 1.807) is 6.92 Å². The Hall–Kier alpha value is -4.45. The summed E-state index contributed by atoms with van der Waals surface area (Å²) in [6, 6.07) is 8.55. The molecule has 2 heterocycles. The number of anilines is 1. The predicted molar refractivity (Wildman–Crippen MR) is 127 cm³/mol.